The van der Waals surface area contributed by atoms with Gasteiger partial charge in [-0.05, 0) is 30.9 Å². The van der Waals surface area contributed by atoms with Crippen LogP contribution in [0.15, 0.2) is 47.9 Å². The topological polar surface area (TPSA) is 81.5 Å². The van der Waals surface area contributed by atoms with Crippen LogP contribution in [0.4, 0.5) is 0 Å². The first-order valence-corrected chi connectivity index (χ1v) is 9.59. The summed E-state index contributed by atoms with van der Waals surface area (Å²) in [6, 6.07) is 6.18. The Labute approximate surface area is 147 Å². The number of piperidine rings is 1. The van der Waals surface area contributed by atoms with E-state index in [1.54, 1.807) is 24.7 Å². The van der Waals surface area contributed by atoms with Gasteiger partial charge in [-0.3, -0.25) is 0 Å². The van der Waals surface area contributed by atoms with E-state index in [-0.39, 0.29) is 10.5 Å². The van der Waals surface area contributed by atoms with Gasteiger partial charge in [0.25, 0.3) is 0 Å². The molecule has 0 N–H and O–H groups in total. The van der Waals surface area contributed by atoms with Crippen molar-refractivity contribution in [3.05, 3.63) is 48.5 Å². The predicted octanol–water partition coefficient (Wildman–Crippen LogP) is 1.77. The third-order valence-electron chi connectivity index (χ3n) is 4.51. The fourth-order valence-electron chi connectivity index (χ4n) is 3.13. The molecule has 1 aromatic carbocycles. The molecule has 0 aliphatic carbocycles. The van der Waals surface area contributed by atoms with E-state index in [9.17, 15) is 13.2 Å². The fraction of sp³-hybridized carbons (Fsp3) is 0.412. The zero-order chi connectivity index (χ0) is 17.9. The van der Waals surface area contributed by atoms with Gasteiger partial charge in [0.05, 0.1) is 23.9 Å². The highest BCUT2D eigenvalue weighted by Crippen LogP contribution is 2.26. The van der Waals surface area contributed by atoms with E-state index < -0.39 is 16.0 Å². The number of hydrogen-bond acceptors (Lipinski definition) is 5. The molecule has 8 heteroatoms. The van der Waals surface area contributed by atoms with Crippen molar-refractivity contribution in [3.63, 3.8) is 0 Å². The van der Waals surface area contributed by atoms with Crippen LogP contribution in [0.2, 0.25) is 0 Å². The molecule has 1 aliphatic heterocycles. The Morgan fingerprint density at radius 1 is 1.28 bits per heavy atom. The van der Waals surface area contributed by atoms with Gasteiger partial charge in [-0.1, -0.05) is 12.1 Å². The Bertz CT molecular complexity index is 825. The number of hydrogen-bond donors (Lipinski definition) is 0. The summed E-state index contributed by atoms with van der Waals surface area (Å²) in [5.74, 6) is -0.231. The molecule has 0 bridgehead atoms. The molecule has 1 aliphatic rings. The molecular weight excluding hydrogens is 342 g/mol. The van der Waals surface area contributed by atoms with Crippen LogP contribution in [0.3, 0.4) is 0 Å². The minimum atomic E-state index is -3.72. The zero-order valence-corrected chi connectivity index (χ0v) is 14.9. The highest BCUT2D eigenvalue weighted by molar-refractivity contribution is 7.89. The van der Waals surface area contributed by atoms with Crippen molar-refractivity contribution in [2.75, 3.05) is 20.2 Å². The van der Waals surface area contributed by atoms with Gasteiger partial charge in [-0.2, -0.15) is 4.31 Å². The lowest BCUT2D eigenvalue weighted by Crippen LogP contribution is -2.39. The summed E-state index contributed by atoms with van der Waals surface area (Å²) in [6.45, 7) is 1.72. The van der Waals surface area contributed by atoms with Crippen molar-refractivity contribution in [1.29, 1.82) is 0 Å². The molecule has 3 rings (SSSR count). The van der Waals surface area contributed by atoms with Crippen molar-refractivity contribution in [1.82, 2.24) is 13.9 Å². The number of carbonyl (C=O) groups excluding carboxylic acids is 1. The maximum atomic E-state index is 13.0. The number of ether oxygens (including phenoxy) is 1. The smallest absolute Gasteiger partial charge is 0.339 e. The van der Waals surface area contributed by atoms with Crippen molar-refractivity contribution in [3.8, 4) is 0 Å². The minimum Gasteiger partial charge on any atom is -0.465 e. The monoisotopic (exact) mass is 363 g/mol. The first kappa shape index (κ1) is 17.6. The van der Waals surface area contributed by atoms with Gasteiger partial charge in [0, 0.05) is 32.0 Å². The van der Waals surface area contributed by atoms with Crippen LogP contribution in [0, 0.1) is 5.92 Å². The molecule has 0 spiro atoms. The summed E-state index contributed by atoms with van der Waals surface area (Å²) in [4.78, 5) is 15.9. The zero-order valence-electron chi connectivity index (χ0n) is 14.0. The molecule has 1 aromatic heterocycles. The van der Waals surface area contributed by atoms with E-state index in [1.807, 2.05) is 10.8 Å². The number of benzene rings is 1. The summed E-state index contributed by atoms with van der Waals surface area (Å²) < 4.78 is 34.1. The summed E-state index contributed by atoms with van der Waals surface area (Å²) in [7, 11) is -2.48. The second-order valence-corrected chi connectivity index (χ2v) is 8.00. The molecule has 1 fully saturated rings. The summed E-state index contributed by atoms with van der Waals surface area (Å²) >= 11 is 0. The Kier molecular flexibility index (Phi) is 5.19. The highest BCUT2D eigenvalue weighted by Gasteiger charge is 2.32. The number of sulfonamides is 1. The maximum Gasteiger partial charge on any atom is 0.339 e. The summed E-state index contributed by atoms with van der Waals surface area (Å²) in [6.07, 6.45) is 6.98. The Balaban J connectivity index is 1.73. The first-order chi connectivity index (χ1) is 12.0. The molecule has 7 nitrogen and oxygen atoms in total. The molecular formula is C17H21N3O4S. The van der Waals surface area contributed by atoms with Crippen LogP contribution in [0.25, 0.3) is 0 Å². The number of carbonyl (C=O) groups is 1. The Morgan fingerprint density at radius 3 is 2.64 bits per heavy atom. The Hall–Kier alpha value is -2.19. The maximum absolute atomic E-state index is 13.0. The molecule has 1 saturated heterocycles. The van der Waals surface area contributed by atoms with Crippen molar-refractivity contribution in [2.45, 2.75) is 24.3 Å². The van der Waals surface area contributed by atoms with E-state index in [2.05, 4.69) is 4.98 Å². The normalized spacial score (nSPS) is 16.7. The summed E-state index contributed by atoms with van der Waals surface area (Å²) in [5, 5.41) is 0. The number of rotatable bonds is 5. The quantitative estimate of drug-likeness (QED) is 0.756. The van der Waals surface area contributed by atoms with Crippen molar-refractivity contribution >= 4 is 16.0 Å². The molecule has 0 unspecified atom stereocenters. The van der Waals surface area contributed by atoms with Crippen molar-refractivity contribution in [2.24, 2.45) is 5.92 Å². The molecule has 0 amide bonds. The van der Waals surface area contributed by atoms with E-state index in [0.717, 1.165) is 19.4 Å². The number of imidazole rings is 1. The van der Waals surface area contributed by atoms with Crippen LogP contribution in [-0.2, 0) is 21.3 Å². The van der Waals surface area contributed by atoms with E-state index in [1.165, 1.54) is 23.5 Å². The molecule has 0 saturated carbocycles. The Morgan fingerprint density at radius 2 is 2.00 bits per heavy atom. The van der Waals surface area contributed by atoms with Crippen LogP contribution >= 0.6 is 0 Å². The molecule has 0 radical (unpaired) electrons. The second-order valence-electron chi connectivity index (χ2n) is 6.09. The van der Waals surface area contributed by atoms with Crippen molar-refractivity contribution < 1.29 is 17.9 Å². The lowest BCUT2D eigenvalue weighted by Gasteiger charge is -2.31. The van der Waals surface area contributed by atoms with Crippen LogP contribution in [0.5, 0.6) is 0 Å². The minimum absolute atomic E-state index is 0.00918. The first-order valence-electron chi connectivity index (χ1n) is 8.15. The molecule has 2 aromatic rings. The fourth-order valence-corrected chi connectivity index (χ4v) is 4.78. The van der Waals surface area contributed by atoms with Gasteiger partial charge in [0.2, 0.25) is 10.0 Å². The highest BCUT2D eigenvalue weighted by atomic mass is 32.2. The standard InChI is InChI=1S/C17H21N3O4S/c1-24-17(21)15-4-2-3-5-16(15)25(22,23)20-9-6-14(7-10-20)12-19-11-8-18-13-19/h2-5,8,11,13-14H,6-7,9-10,12H2,1H3. The third-order valence-corrected chi connectivity index (χ3v) is 6.47. The largest absolute Gasteiger partial charge is 0.465 e. The number of aromatic nitrogens is 2. The van der Waals surface area contributed by atoms with E-state index in [4.69, 9.17) is 4.74 Å². The molecule has 25 heavy (non-hydrogen) atoms. The van der Waals surface area contributed by atoms with Crippen LogP contribution in [0.1, 0.15) is 23.2 Å². The van der Waals surface area contributed by atoms with E-state index in [0.29, 0.717) is 19.0 Å². The van der Waals surface area contributed by atoms with Crippen LogP contribution < -0.4 is 0 Å². The van der Waals surface area contributed by atoms with Gasteiger partial charge in [0.15, 0.2) is 0 Å². The van der Waals surface area contributed by atoms with Gasteiger partial charge in [0.1, 0.15) is 0 Å². The van der Waals surface area contributed by atoms with Crippen LogP contribution in [-0.4, -0.2) is 48.4 Å². The predicted molar refractivity (Wildman–Crippen MR) is 91.5 cm³/mol. The number of esters is 1. The average Bonchev–Trinajstić information content (AvgIpc) is 3.14. The number of methoxy groups -OCH3 is 1. The second kappa shape index (κ2) is 7.37. The van der Waals surface area contributed by atoms with Gasteiger partial charge in [-0.25, -0.2) is 18.2 Å². The number of nitrogens with zero attached hydrogens (tertiary/aromatic N) is 3. The van der Waals surface area contributed by atoms with E-state index >= 15 is 0 Å². The average molecular weight is 363 g/mol. The third kappa shape index (κ3) is 3.74. The van der Waals surface area contributed by atoms with Gasteiger partial charge >= 0.3 is 5.97 Å². The van der Waals surface area contributed by atoms with Gasteiger partial charge < -0.3 is 9.30 Å². The lowest BCUT2D eigenvalue weighted by atomic mass is 9.98. The molecule has 0 atom stereocenters. The molecule has 134 valence electrons. The van der Waals surface area contributed by atoms with Gasteiger partial charge in [-0.15, -0.1) is 0 Å². The lowest BCUT2D eigenvalue weighted by molar-refractivity contribution is 0.0596. The summed E-state index contributed by atoms with van der Waals surface area (Å²) in [5.41, 5.74) is 0.0746. The molecule has 2 heterocycles. The SMILES string of the molecule is COC(=O)c1ccccc1S(=O)(=O)N1CCC(Cn2ccnc2)CC1.